The van der Waals surface area contributed by atoms with Crippen molar-refractivity contribution >= 4 is 17.7 Å². The first-order chi connectivity index (χ1) is 12.6. The third kappa shape index (κ3) is 7.93. The number of nitrogens with one attached hydrogen (secondary N) is 2. The molecule has 1 saturated heterocycles. The van der Waals surface area contributed by atoms with E-state index in [0.717, 1.165) is 55.9 Å². The number of rotatable bonds is 8. The van der Waals surface area contributed by atoms with Crippen LogP contribution in [0.25, 0.3) is 0 Å². The Morgan fingerprint density at radius 2 is 2.12 bits per heavy atom. The summed E-state index contributed by atoms with van der Waals surface area (Å²) < 4.78 is 18.7. The molecule has 1 aromatic rings. The van der Waals surface area contributed by atoms with Crippen LogP contribution in [0, 0.1) is 11.7 Å². The number of guanidine groups is 1. The zero-order chi connectivity index (χ0) is 18.8. The lowest BCUT2D eigenvalue weighted by Crippen LogP contribution is -2.50. The van der Waals surface area contributed by atoms with E-state index < -0.39 is 0 Å². The van der Waals surface area contributed by atoms with Gasteiger partial charge >= 0.3 is 0 Å². The number of morpholine rings is 1. The minimum Gasteiger partial charge on any atom is -0.374 e. The number of nitrogens with zero attached hydrogens (tertiary/aromatic N) is 2. The van der Waals surface area contributed by atoms with Crippen molar-refractivity contribution in [3.05, 3.63) is 30.1 Å². The molecule has 0 aliphatic carbocycles. The van der Waals surface area contributed by atoms with E-state index in [1.807, 2.05) is 0 Å². The Labute approximate surface area is 160 Å². The third-order valence-corrected chi connectivity index (χ3v) is 5.06. The van der Waals surface area contributed by atoms with Gasteiger partial charge in [0.05, 0.1) is 12.7 Å². The Morgan fingerprint density at radius 1 is 1.35 bits per heavy atom. The number of hydrogen-bond acceptors (Lipinski definition) is 4. The van der Waals surface area contributed by atoms with E-state index in [1.165, 1.54) is 12.1 Å². The van der Waals surface area contributed by atoms with Gasteiger partial charge in [0.15, 0.2) is 5.96 Å². The van der Waals surface area contributed by atoms with E-state index in [1.54, 1.807) is 30.9 Å². The standard InChI is InChI=1S/C19H31FN4OS/c1-15(2)13-24-9-10-25-17(14-24)12-23-19(21-3)22-8-11-26-18-6-4-16(20)5-7-18/h4-7,15,17H,8-14H2,1-3H3,(H2,21,22,23). The van der Waals surface area contributed by atoms with Gasteiger partial charge in [0.1, 0.15) is 5.82 Å². The van der Waals surface area contributed by atoms with Crippen molar-refractivity contribution in [1.82, 2.24) is 15.5 Å². The summed E-state index contributed by atoms with van der Waals surface area (Å²) in [6, 6.07) is 6.58. The minimum atomic E-state index is -0.200. The maximum atomic E-state index is 12.9. The third-order valence-electron chi connectivity index (χ3n) is 4.04. The predicted molar refractivity (Wildman–Crippen MR) is 108 cm³/mol. The van der Waals surface area contributed by atoms with Crippen molar-refractivity contribution in [2.24, 2.45) is 10.9 Å². The zero-order valence-electron chi connectivity index (χ0n) is 16.0. The molecule has 1 unspecified atom stereocenters. The van der Waals surface area contributed by atoms with Gasteiger partial charge in [-0.25, -0.2) is 4.39 Å². The highest BCUT2D eigenvalue weighted by molar-refractivity contribution is 7.99. The molecule has 1 aliphatic heterocycles. The zero-order valence-corrected chi connectivity index (χ0v) is 16.8. The Morgan fingerprint density at radius 3 is 2.81 bits per heavy atom. The summed E-state index contributed by atoms with van der Waals surface area (Å²) in [7, 11) is 1.77. The largest absolute Gasteiger partial charge is 0.374 e. The van der Waals surface area contributed by atoms with Crippen molar-refractivity contribution in [3.8, 4) is 0 Å². The Balaban J connectivity index is 1.63. The first kappa shape index (κ1) is 21.0. The Kier molecular flexibility index (Phi) is 9.22. The van der Waals surface area contributed by atoms with Crippen LogP contribution in [0.4, 0.5) is 4.39 Å². The molecule has 1 aromatic carbocycles. The molecular formula is C19H31FN4OS. The maximum absolute atomic E-state index is 12.9. The monoisotopic (exact) mass is 382 g/mol. The van der Waals surface area contributed by atoms with Crippen molar-refractivity contribution in [2.45, 2.75) is 24.8 Å². The van der Waals surface area contributed by atoms with Gasteiger partial charge < -0.3 is 15.4 Å². The molecule has 2 rings (SSSR count). The molecular weight excluding hydrogens is 351 g/mol. The fourth-order valence-electron chi connectivity index (χ4n) is 2.89. The van der Waals surface area contributed by atoms with Crippen LogP contribution in [0.2, 0.25) is 0 Å². The Bertz CT molecular complexity index is 553. The first-order valence-corrected chi connectivity index (χ1v) is 10.2. The van der Waals surface area contributed by atoms with Crippen LogP contribution >= 0.6 is 11.8 Å². The molecule has 5 nitrogen and oxygen atoms in total. The summed E-state index contributed by atoms with van der Waals surface area (Å²) in [5, 5.41) is 6.66. The van der Waals surface area contributed by atoms with Gasteiger partial charge in [-0.05, 0) is 30.2 Å². The maximum Gasteiger partial charge on any atom is 0.191 e. The Hall–Kier alpha value is -1.31. The predicted octanol–water partition coefficient (Wildman–Crippen LogP) is 2.44. The SMILES string of the molecule is CN=C(NCCSc1ccc(F)cc1)NCC1CN(CC(C)C)CCO1. The highest BCUT2D eigenvalue weighted by atomic mass is 32.2. The number of thioether (sulfide) groups is 1. The summed E-state index contributed by atoms with van der Waals surface area (Å²) in [6.07, 6.45) is 0.189. The van der Waals surface area contributed by atoms with Gasteiger partial charge in [-0.1, -0.05) is 13.8 Å². The number of halogens is 1. The average Bonchev–Trinajstić information content (AvgIpc) is 2.62. The quantitative estimate of drug-likeness (QED) is 0.313. The van der Waals surface area contributed by atoms with E-state index in [9.17, 15) is 4.39 Å². The molecule has 0 spiro atoms. The van der Waals surface area contributed by atoms with Gasteiger partial charge in [-0.3, -0.25) is 9.89 Å². The summed E-state index contributed by atoms with van der Waals surface area (Å²) >= 11 is 1.69. The molecule has 0 radical (unpaired) electrons. The van der Waals surface area contributed by atoms with Crippen molar-refractivity contribution in [2.75, 3.05) is 52.1 Å². The second-order valence-electron chi connectivity index (χ2n) is 6.83. The van der Waals surface area contributed by atoms with Crippen LogP contribution in [-0.4, -0.2) is 69.1 Å². The summed E-state index contributed by atoms with van der Waals surface area (Å²) in [5.41, 5.74) is 0. The van der Waals surface area contributed by atoms with Gasteiger partial charge in [0, 0.05) is 50.4 Å². The van der Waals surface area contributed by atoms with Crippen LogP contribution in [-0.2, 0) is 4.74 Å². The highest BCUT2D eigenvalue weighted by Gasteiger charge is 2.20. The number of ether oxygens (including phenoxy) is 1. The minimum absolute atomic E-state index is 0.189. The molecule has 7 heteroatoms. The number of hydrogen-bond donors (Lipinski definition) is 2. The van der Waals surface area contributed by atoms with Gasteiger partial charge in [0.25, 0.3) is 0 Å². The molecule has 0 bridgehead atoms. The van der Waals surface area contributed by atoms with E-state index in [-0.39, 0.29) is 11.9 Å². The fourth-order valence-corrected chi connectivity index (χ4v) is 3.65. The van der Waals surface area contributed by atoms with Crippen LogP contribution in [0.5, 0.6) is 0 Å². The van der Waals surface area contributed by atoms with Crippen LogP contribution in [0.15, 0.2) is 34.2 Å². The van der Waals surface area contributed by atoms with Crippen LogP contribution in [0.3, 0.4) is 0 Å². The van der Waals surface area contributed by atoms with Gasteiger partial charge in [0.2, 0.25) is 0 Å². The molecule has 146 valence electrons. The molecule has 1 fully saturated rings. The second-order valence-corrected chi connectivity index (χ2v) is 8.00. The van der Waals surface area contributed by atoms with Gasteiger partial charge in [-0.15, -0.1) is 11.8 Å². The molecule has 26 heavy (non-hydrogen) atoms. The molecule has 1 aliphatic rings. The topological polar surface area (TPSA) is 48.9 Å². The summed E-state index contributed by atoms with van der Waals surface area (Å²) in [4.78, 5) is 7.80. The van der Waals surface area contributed by atoms with E-state index in [4.69, 9.17) is 4.74 Å². The lowest BCUT2D eigenvalue weighted by Gasteiger charge is -2.34. The molecule has 0 amide bonds. The smallest absolute Gasteiger partial charge is 0.191 e. The number of benzene rings is 1. The van der Waals surface area contributed by atoms with E-state index in [0.29, 0.717) is 5.92 Å². The van der Waals surface area contributed by atoms with E-state index >= 15 is 0 Å². The molecule has 0 aromatic heterocycles. The second kappa shape index (κ2) is 11.4. The number of aliphatic imine (C=N–C) groups is 1. The normalized spacial score (nSPS) is 19.0. The highest BCUT2D eigenvalue weighted by Crippen LogP contribution is 2.17. The molecule has 1 atom stereocenters. The van der Waals surface area contributed by atoms with Crippen molar-refractivity contribution in [1.29, 1.82) is 0 Å². The van der Waals surface area contributed by atoms with Crippen molar-refractivity contribution in [3.63, 3.8) is 0 Å². The molecule has 0 saturated carbocycles. The summed E-state index contributed by atoms with van der Waals surface area (Å²) in [6.45, 7) is 9.92. The summed E-state index contributed by atoms with van der Waals surface area (Å²) in [5.74, 6) is 2.15. The van der Waals surface area contributed by atoms with Crippen molar-refractivity contribution < 1.29 is 9.13 Å². The first-order valence-electron chi connectivity index (χ1n) is 9.23. The van der Waals surface area contributed by atoms with E-state index in [2.05, 4.69) is 34.4 Å². The lowest BCUT2D eigenvalue weighted by atomic mass is 10.2. The van der Waals surface area contributed by atoms with Crippen LogP contribution < -0.4 is 10.6 Å². The average molecular weight is 383 g/mol. The fraction of sp³-hybridized carbons (Fsp3) is 0.632. The molecule has 2 N–H and O–H groups in total. The lowest BCUT2D eigenvalue weighted by molar-refractivity contribution is -0.0284. The van der Waals surface area contributed by atoms with Gasteiger partial charge in [-0.2, -0.15) is 0 Å². The molecule has 1 heterocycles. The van der Waals surface area contributed by atoms with Crippen LogP contribution in [0.1, 0.15) is 13.8 Å².